The molecule has 0 saturated carbocycles. The molecule has 0 bridgehead atoms. The molecule has 0 aliphatic rings. The third-order valence-electron chi connectivity index (χ3n) is 3.10. The van der Waals surface area contributed by atoms with Gasteiger partial charge < -0.3 is 0 Å². The van der Waals surface area contributed by atoms with Gasteiger partial charge in [-0.25, -0.2) is 4.68 Å². The van der Waals surface area contributed by atoms with Crippen LogP contribution in [0.2, 0.25) is 0 Å². The summed E-state index contributed by atoms with van der Waals surface area (Å²) in [5.41, 5.74) is 3.72. The molecule has 0 fully saturated rings. The molecule has 0 saturated heterocycles. The molecule has 0 N–H and O–H groups in total. The van der Waals surface area contributed by atoms with Gasteiger partial charge in [-0.2, -0.15) is 17.7 Å². The van der Waals surface area contributed by atoms with E-state index in [1.54, 1.807) is 4.68 Å². The van der Waals surface area contributed by atoms with E-state index in [0.717, 1.165) is 11.3 Å². The van der Waals surface area contributed by atoms with E-state index in [9.17, 15) is 4.79 Å². The fraction of sp³-hybridized carbons (Fsp3) is 0.375. The zero-order chi connectivity index (χ0) is 14.7. The Bertz CT molecular complexity index is 645. The summed E-state index contributed by atoms with van der Waals surface area (Å²) in [4.78, 5) is 12.2. The number of benzene rings is 1. The van der Waals surface area contributed by atoms with Gasteiger partial charge in [0, 0.05) is 23.4 Å². The monoisotopic (exact) mass is 288 g/mol. The topological polar surface area (TPSA) is 34.9 Å². The Labute approximate surface area is 125 Å². The van der Waals surface area contributed by atoms with Gasteiger partial charge in [0.05, 0.1) is 5.69 Å². The van der Waals surface area contributed by atoms with Crippen molar-refractivity contribution < 1.29 is 0 Å². The van der Waals surface area contributed by atoms with Crippen molar-refractivity contribution in [2.75, 3.05) is 0 Å². The number of hydrogen-bond donors (Lipinski definition) is 1. The van der Waals surface area contributed by atoms with E-state index < -0.39 is 0 Å². The van der Waals surface area contributed by atoms with Crippen molar-refractivity contribution in [3.05, 3.63) is 51.8 Å². The molecular formula is C16H20N2OS. The van der Waals surface area contributed by atoms with Crippen molar-refractivity contribution in [3.8, 4) is 11.3 Å². The lowest BCUT2D eigenvalue weighted by Gasteiger charge is -2.11. The van der Waals surface area contributed by atoms with Gasteiger partial charge in [-0.05, 0) is 18.9 Å². The Balaban J connectivity index is 2.53. The van der Waals surface area contributed by atoms with Crippen LogP contribution in [-0.2, 0) is 12.3 Å². The predicted molar refractivity (Wildman–Crippen MR) is 86.2 cm³/mol. The summed E-state index contributed by atoms with van der Waals surface area (Å²) in [5, 5.41) is 4.49. The Morgan fingerprint density at radius 2 is 1.90 bits per heavy atom. The molecule has 106 valence electrons. The number of nitrogens with zero attached hydrogens (tertiary/aromatic N) is 2. The number of hydrogen-bond acceptors (Lipinski definition) is 3. The highest BCUT2D eigenvalue weighted by Gasteiger charge is 2.10. The van der Waals surface area contributed by atoms with Gasteiger partial charge in [0.25, 0.3) is 5.56 Å². The summed E-state index contributed by atoms with van der Waals surface area (Å²) in [7, 11) is 0. The fourth-order valence-corrected chi connectivity index (χ4v) is 2.27. The van der Waals surface area contributed by atoms with Crippen LogP contribution in [0.4, 0.5) is 0 Å². The van der Waals surface area contributed by atoms with E-state index in [1.807, 2.05) is 18.2 Å². The molecule has 0 aliphatic heterocycles. The third kappa shape index (κ3) is 3.31. The first-order chi connectivity index (χ1) is 9.51. The molecule has 1 heterocycles. The molecule has 1 aromatic heterocycles. The van der Waals surface area contributed by atoms with Crippen molar-refractivity contribution in [3.63, 3.8) is 0 Å². The highest BCUT2D eigenvalue weighted by Crippen LogP contribution is 2.18. The average molecular weight is 288 g/mol. The molecule has 2 aromatic rings. The zero-order valence-corrected chi connectivity index (χ0v) is 13.0. The van der Waals surface area contributed by atoms with Crippen molar-refractivity contribution in [2.45, 2.75) is 33.1 Å². The predicted octanol–water partition coefficient (Wildman–Crippen LogP) is 3.30. The second-order valence-corrected chi connectivity index (χ2v) is 5.78. The van der Waals surface area contributed by atoms with Crippen molar-refractivity contribution >= 4 is 12.6 Å². The first-order valence-corrected chi connectivity index (χ1v) is 7.43. The Morgan fingerprint density at radius 3 is 2.45 bits per heavy atom. The van der Waals surface area contributed by atoms with Crippen LogP contribution >= 0.6 is 12.6 Å². The fourth-order valence-electron chi connectivity index (χ4n) is 2.05. The first-order valence-electron chi connectivity index (χ1n) is 6.80. The van der Waals surface area contributed by atoms with E-state index in [-0.39, 0.29) is 5.56 Å². The van der Waals surface area contributed by atoms with Gasteiger partial charge in [0.2, 0.25) is 0 Å². The van der Waals surface area contributed by atoms with E-state index >= 15 is 0 Å². The second-order valence-electron chi connectivity index (χ2n) is 5.46. The molecule has 2 rings (SSSR count). The SMILES string of the molecule is Cc1ccc(-c2cc(CS)c(=O)n(CC(C)C)n2)cc1. The van der Waals surface area contributed by atoms with Crippen LogP contribution in [0.1, 0.15) is 25.0 Å². The smallest absolute Gasteiger partial charge is 0.267 e. The lowest BCUT2D eigenvalue weighted by Crippen LogP contribution is -2.28. The maximum absolute atomic E-state index is 12.2. The third-order valence-corrected chi connectivity index (χ3v) is 3.44. The van der Waals surface area contributed by atoms with Gasteiger partial charge in [0.1, 0.15) is 0 Å². The normalized spacial score (nSPS) is 11.1. The molecule has 0 radical (unpaired) electrons. The Kier molecular flexibility index (Phi) is 4.65. The van der Waals surface area contributed by atoms with E-state index in [1.165, 1.54) is 5.56 Å². The summed E-state index contributed by atoms with van der Waals surface area (Å²) in [6.45, 7) is 6.83. The molecule has 1 aromatic carbocycles. The highest BCUT2D eigenvalue weighted by atomic mass is 32.1. The highest BCUT2D eigenvalue weighted by molar-refractivity contribution is 7.79. The van der Waals surface area contributed by atoms with Crippen molar-refractivity contribution in [1.29, 1.82) is 0 Å². The Hall–Kier alpha value is -1.55. The minimum absolute atomic E-state index is 0.0374. The number of thiol groups is 1. The summed E-state index contributed by atoms with van der Waals surface area (Å²) in [5.74, 6) is 0.805. The molecule has 0 atom stereocenters. The number of aromatic nitrogens is 2. The van der Waals surface area contributed by atoms with E-state index in [0.29, 0.717) is 23.8 Å². The summed E-state index contributed by atoms with van der Waals surface area (Å²) < 4.78 is 1.56. The molecule has 4 heteroatoms. The second kappa shape index (κ2) is 6.27. The average Bonchev–Trinajstić information content (AvgIpc) is 2.41. The molecule has 0 unspecified atom stereocenters. The summed E-state index contributed by atoms with van der Waals surface area (Å²) >= 11 is 4.25. The summed E-state index contributed by atoms with van der Waals surface area (Å²) in [6.07, 6.45) is 0. The van der Waals surface area contributed by atoms with Crippen LogP contribution in [0.5, 0.6) is 0 Å². The van der Waals surface area contributed by atoms with Crippen LogP contribution in [0.3, 0.4) is 0 Å². The van der Waals surface area contributed by atoms with E-state index in [4.69, 9.17) is 0 Å². The lowest BCUT2D eigenvalue weighted by atomic mass is 10.1. The van der Waals surface area contributed by atoms with Crippen LogP contribution in [0.25, 0.3) is 11.3 Å². The molecular weight excluding hydrogens is 268 g/mol. The minimum atomic E-state index is -0.0374. The van der Waals surface area contributed by atoms with Gasteiger partial charge in [0.15, 0.2) is 0 Å². The van der Waals surface area contributed by atoms with Crippen LogP contribution < -0.4 is 5.56 Å². The van der Waals surface area contributed by atoms with Gasteiger partial charge in [-0.15, -0.1) is 0 Å². The first kappa shape index (κ1) is 14.9. The van der Waals surface area contributed by atoms with Crippen LogP contribution in [-0.4, -0.2) is 9.78 Å². The molecule has 3 nitrogen and oxygen atoms in total. The van der Waals surface area contributed by atoms with Crippen molar-refractivity contribution in [2.24, 2.45) is 5.92 Å². The lowest BCUT2D eigenvalue weighted by molar-refractivity contribution is 0.463. The standard InChI is InChI=1S/C16H20N2OS/c1-11(2)9-18-16(19)14(10-20)8-15(17-18)13-6-4-12(3)5-7-13/h4-8,11,20H,9-10H2,1-3H3. The summed E-state index contributed by atoms with van der Waals surface area (Å²) in [6, 6.07) is 10.0. The maximum atomic E-state index is 12.2. The van der Waals surface area contributed by atoms with Crippen molar-refractivity contribution in [1.82, 2.24) is 9.78 Å². The number of rotatable bonds is 4. The molecule has 0 amide bonds. The quantitative estimate of drug-likeness (QED) is 0.876. The Morgan fingerprint density at radius 1 is 1.25 bits per heavy atom. The molecule has 20 heavy (non-hydrogen) atoms. The van der Waals surface area contributed by atoms with Gasteiger partial charge in [-0.3, -0.25) is 4.79 Å². The van der Waals surface area contributed by atoms with Gasteiger partial charge >= 0.3 is 0 Å². The van der Waals surface area contributed by atoms with E-state index in [2.05, 4.69) is 50.6 Å². The van der Waals surface area contributed by atoms with Gasteiger partial charge in [-0.1, -0.05) is 43.7 Å². The maximum Gasteiger partial charge on any atom is 0.270 e. The molecule has 0 aliphatic carbocycles. The zero-order valence-electron chi connectivity index (χ0n) is 12.1. The number of aryl methyl sites for hydroxylation is 1. The molecule has 0 spiro atoms. The van der Waals surface area contributed by atoms with Crippen LogP contribution in [0.15, 0.2) is 35.1 Å². The minimum Gasteiger partial charge on any atom is -0.267 e. The van der Waals surface area contributed by atoms with Crippen LogP contribution in [0, 0.1) is 12.8 Å². The largest absolute Gasteiger partial charge is 0.270 e.